The molecule has 2 heterocycles. The second kappa shape index (κ2) is 4.87. The average Bonchev–Trinajstić information content (AvgIpc) is 2.85. The first-order valence-electron chi connectivity index (χ1n) is 6.08. The number of hydrogen-bond acceptors (Lipinski definition) is 3. The summed E-state index contributed by atoms with van der Waals surface area (Å²) in [7, 11) is 1.68. The smallest absolute Gasteiger partial charge is 0.354 e. The summed E-state index contributed by atoms with van der Waals surface area (Å²) in [5.41, 5.74) is 1.16. The van der Waals surface area contributed by atoms with Crippen LogP contribution < -0.4 is 0 Å². The van der Waals surface area contributed by atoms with E-state index in [0.29, 0.717) is 5.92 Å². The first-order valence-corrected chi connectivity index (χ1v) is 6.08. The van der Waals surface area contributed by atoms with Crippen molar-refractivity contribution in [1.82, 2.24) is 14.7 Å². The van der Waals surface area contributed by atoms with Crippen LogP contribution in [0.4, 0.5) is 0 Å². The Bertz CT molecular complexity index is 414. The highest BCUT2D eigenvalue weighted by atomic mass is 16.4. The van der Waals surface area contributed by atoms with Gasteiger partial charge in [-0.05, 0) is 37.9 Å². The van der Waals surface area contributed by atoms with Crippen LogP contribution in [0.3, 0.4) is 0 Å². The Kier molecular flexibility index (Phi) is 3.47. The average molecular weight is 237 g/mol. The number of rotatable bonds is 4. The van der Waals surface area contributed by atoms with Crippen LogP contribution in [0.15, 0.2) is 6.07 Å². The molecule has 0 bridgehead atoms. The molecule has 5 heteroatoms. The van der Waals surface area contributed by atoms with E-state index in [4.69, 9.17) is 5.11 Å². The molecule has 94 valence electrons. The Balaban J connectivity index is 2.00. The van der Waals surface area contributed by atoms with E-state index in [-0.39, 0.29) is 5.69 Å². The van der Waals surface area contributed by atoms with Gasteiger partial charge in [-0.25, -0.2) is 4.79 Å². The molecule has 1 aromatic rings. The maximum absolute atomic E-state index is 10.9. The van der Waals surface area contributed by atoms with Gasteiger partial charge in [-0.2, -0.15) is 5.10 Å². The molecule has 0 aliphatic carbocycles. The maximum atomic E-state index is 10.9. The molecule has 1 aliphatic heterocycles. The van der Waals surface area contributed by atoms with E-state index in [1.54, 1.807) is 13.1 Å². The molecule has 1 aliphatic rings. The largest absolute Gasteiger partial charge is 0.477 e. The first-order chi connectivity index (χ1) is 8.10. The third-order valence-electron chi connectivity index (χ3n) is 3.46. The van der Waals surface area contributed by atoms with Gasteiger partial charge >= 0.3 is 5.97 Å². The summed E-state index contributed by atoms with van der Waals surface area (Å²) in [6.07, 6.45) is 2.07. The van der Waals surface area contributed by atoms with E-state index in [1.807, 2.05) is 0 Å². The number of carbonyl (C=O) groups is 1. The number of nitrogens with zero attached hydrogens (tertiary/aromatic N) is 3. The molecule has 0 amide bonds. The molecule has 0 saturated carbocycles. The zero-order valence-corrected chi connectivity index (χ0v) is 10.4. The lowest BCUT2D eigenvalue weighted by Crippen LogP contribution is -2.20. The minimum Gasteiger partial charge on any atom is -0.477 e. The molecule has 0 spiro atoms. The minimum absolute atomic E-state index is 0.269. The van der Waals surface area contributed by atoms with Crippen LogP contribution in [-0.2, 0) is 13.5 Å². The Labute approximate surface area is 101 Å². The van der Waals surface area contributed by atoms with Gasteiger partial charge in [0.25, 0.3) is 0 Å². The van der Waals surface area contributed by atoms with Crippen LogP contribution >= 0.6 is 0 Å². The summed E-state index contributed by atoms with van der Waals surface area (Å²) in [5, 5.41) is 13.2. The molecule has 1 unspecified atom stereocenters. The summed E-state index contributed by atoms with van der Waals surface area (Å²) in [4.78, 5) is 13.3. The number of aryl methyl sites for hydroxylation is 1. The summed E-state index contributed by atoms with van der Waals surface area (Å²) >= 11 is 0. The Hall–Kier alpha value is -1.36. The topological polar surface area (TPSA) is 58.4 Å². The third-order valence-corrected chi connectivity index (χ3v) is 3.46. The first kappa shape index (κ1) is 12.1. The monoisotopic (exact) mass is 237 g/mol. The molecular weight excluding hydrogens is 218 g/mol. The Morgan fingerprint density at radius 3 is 2.94 bits per heavy atom. The molecule has 1 N–H and O–H groups in total. The predicted molar refractivity (Wildman–Crippen MR) is 64.1 cm³/mol. The van der Waals surface area contributed by atoms with E-state index in [9.17, 15) is 4.79 Å². The lowest BCUT2D eigenvalue weighted by Gasteiger charge is -2.11. The molecular formula is C12H19N3O2. The molecule has 1 saturated heterocycles. The lowest BCUT2D eigenvalue weighted by molar-refractivity contribution is 0.0685. The third kappa shape index (κ3) is 2.66. The number of likely N-dealkylation sites (tertiary alicyclic amines) is 1. The van der Waals surface area contributed by atoms with E-state index in [1.165, 1.54) is 11.1 Å². The van der Waals surface area contributed by atoms with E-state index >= 15 is 0 Å². The molecule has 2 rings (SSSR count). The number of hydrogen-bond donors (Lipinski definition) is 1. The highest BCUT2D eigenvalue weighted by Gasteiger charge is 2.23. The maximum Gasteiger partial charge on any atom is 0.354 e. The molecule has 17 heavy (non-hydrogen) atoms. The van der Waals surface area contributed by atoms with Crippen LogP contribution in [0.2, 0.25) is 0 Å². The zero-order chi connectivity index (χ0) is 12.4. The number of carboxylic acids is 1. The minimum atomic E-state index is -0.909. The number of aromatic nitrogens is 2. The van der Waals surface area contributed by atoms with Crippen molar-refractivity contribution in [3.8, 4) is 0 Å². The van der Waals surface area contributed by atoms with Crippen molar-refractivity contribution in [3.63, 3.8) is 0 Å². The highest BCUT2D eigenvalue weighted by molar-refractivity contribution is 5.85. The molecule has 0 radical (unpaired) electrons. The van der Waals surface area contributed by atoms with Crippen molar-refractivity contribution >= 4 is 5.97 Å². The summed E-state index contributed by atoms with van der Waals surface area (Å²) < 4.78 is 1.45. The van der Waals surface area contributed by atoms with Crippen molar-refractivity contribution in [2.75, 3.05) is 19.6 Å². The highest BCUT2D eigenvalue weighted by Crippen LogP contribution is 2.20. The fourth-order valence-corrected chi connectivity index (χ4v) is 2.49. The van der Waals surface area contributed by atoms with Crippen LogP contribution in [0.1, 0.15) is 29.5 Å². The zero-order valence-electron chi connectivity index (χ0n) is 10.4. The summed E-state index contributed by atoms with van der Waals surface area (Å²) in [5.74, 6) is -0.292. The van der Waals surface area contributed by atoms with Gasteiger partial charge in [0.15, 0.2) is 0 Å². The van der Waals surface area contributed by atoms with Gasteiger partial charge in [0.1, 0.15) is 5.69 Å². The van der Waals surface area contributed by atoms with E-state index in [0.717, 1.165) is 31.7 Å². The standard InChI is InChI=1S/C12H19N3O2/c1-3-15-5-4-9(8-15)6-10-7-11(12(16)17)14(2)13-10/h7,9H,3-6,8H2,1-2H3,(H,16,17). The lowest BCUT2D eigenvalue weighted by atomic mass is 10.0. The van der Waals surface area contributed by atoms with Crippen molar-refractivity contribution in [2.45, 2.75) is 19.8 Å². The normalized spacial score (nSPS) is 20.9. The van der Waals surface area contributed by atoms with E-state index in [2.05, 4.69) is 16.9 Å². The fourth-order valence-electron chi connectivity index (χ4n) is 2.49. The van der Waals surface area contributed by atoms with Crippen LogP contribution in [0.25, 0.3) is 0 Å². The van der Waals surface area contributed by atoms with Crippen LogP contribution in [-0.4, -0.2) is 45.4 Å². The Morgan fingerprint density at radius 2 is 2.41 bits per heavy atom. The van der Waals surface area contributed by atoms with Crippen LogP contribution in [0, 0.1) is 5.92 Å². The summed E-state index contributed by atoms with van der Waals surface area (Å²) in [6, 6.07) is 1.69. The Morgan fingerprint density at radius 1 is 1.65 bits per heavy atom. The molecule has 5 nitrogen and oxygen atoms in total. The number of aromatic carboxylic acids is 1. The fraction of sp³-hybridized carbons (Fsp3) is 0.667. The molecule has 1 aromatic heterocycles. The van der Waals surface area contributed by atoms with Gasteiger partial charge in [0, 0.05) is 13.6 Å². The number of carboxylic acid groups (broad SMARTS) is 1. The summed E-state index contributed by atoms with van der Waals surface area (Å²) in [6.45, 7) is 5.53. The van der Waals surface area contributed by atoms with Gasteiger partial charge in [-0.1, -0.05) is 6.92 Å². The van der Waals surface area contributed by atoms with Gasteiger partial charge in [-0.15, -0.1) is 0 Å². The van der Waals surface area contributed by atoms with Crippen molar-refractivity contribution in [2.24, 2.45) is 13.0 Å². The predicted octanol–water partition coefficient (Wildman–Crippen LogP) is 1.00. The molecule has 0 aromatic carbocycles. The van der Waals surface area contributed by atoms with Gasteiger partial charge in [0.05, 0.1) is 5.69 Å². The van der Waals surface area contributed by atoms with Crippen LogP contribution in [0.5, 0.6) is 0 Å². The molecule has 1 fully saturated rings. The second-order valence-electron chi connectivity index (χ2n) is 4.70. The van der Waals surface area contributed by atoms with E-state index < -0.39 is 5.97 Å². The van der Waals surface area contributed by atoms with Gasteiger partial charge in [0.2, 0.25) is 0 Å². The SMILES string of the molecule is CCN1CCC(Cc2cc(C(=O)O)n(C)n2)C1. The second-order valence-corrected chi connectivity index (χ2v) is 4.70. The quantitative estimate of drug-likeness (QED) is 0.849. The van der Waals surface area contributed by atoms with Crippen molar-refractivity contribution in [3.05, 3.63) is 17.5 Å². The van der Waals surface area contributed by atoms with Crippen molar-refractivity contribution in [1.29, 1.82) is 0 Å². The van der Waals surface area contributed by atoms with Crippen molar-refractivity contribution < 1.29 is 9.90 Å². The molecule has 1 atom stereocenters. The van der Waals surface area contributed by atoms with Gasteiger partial charge in [-0.3, -0.25) is 4.68 Å². The van der Waals surface area contributed by atoms with Gasteiger partial charge < -0.3 is 10.0 Å².